The normalized spacial score (nSPS) is 26.1. The van der Waals surface area contributed by atoms with E-state index in [1.54, 1.807) is 0 Å². The molecule has 94 valence electrons. The Labute approximate surface area is 116 Å². The molecule has 2 rings (SSSR count). The third-order valence-corrected chi connectivity index (χ3v) is 3.86. The molecule has 1 saturated heterocycles. The fourth-order valence-corrected chi connectivity index (χ4v) is 2.39. The van der Waals surface area contributed by atoms with E-state index in [-0.39, 0.29) is 12.7 Å². The highest BCUT2D eigenvalue weighted by Crippen LogP contribution is 2.16. The highest BCUT2D eigenvalue weighted by Gasteiger charge is 2.25. The highest BCUT2D eigenvalue weighted by atomic mass is 127. The second-order valence-corrected chi connectivity index (χ2v) is 5.79. The van der Waals surface area contributed by atoms with Crippen LogP contribution in [0, 0.1) is 3.57 Å². The summed E-state index contributed by atoms with van der Waals surface area (Å²) >= 11 is 2.31. The summed E-state index contributed by atoms with van der Waals surface area (Å²) in [5.41, 5.74) is 1.32. The highest BCUT2D eigenvalue weighted by molar-refractivity contribution is 14.1. The molecule has 1 aromatic carbocycles. The van der Waals surface area contributed by atoms with E-state index in [4.69, 9.17) is 9.84 Å². The lowest BCUT2D eigenvalue weighted by Crippen LogP contribution is -2.48. The van der Waals surface area contributed by atoms with Crippen LogP contribution in [0.3, 0.4) is 0 Å². The smallest absolute Gasteiger partial charge is 0.0933 e. The van der Waals surface area contributed by atoms with E-state index in [1.807, 2.05) is 0 Å². The summed E-state index contributed by atoms with van der Waals surface area (Å²) in [4.78, 5) is 2.37. The molecule has 1 fully saturated rings. The average molecular weight is 347 g/mol. The maximum Gasteiger partial charge on any atom is 0.0933 e. The topological polar surface area (TPSA) is 32.7 Å². The quantitative estimate of drug-likeness (QED) is 0.848. The number of nitrogens with zero attached hydrogens (tertiary/aromatic N) is 1. The molecule has 1 aliphatic rings. The van der Waals surface area contributed by atoms with E-state index in [0.717, 1.165) is 13.1 Å². The monoisotopic (exact) mass is 347 g/mol. The van der Waals surface area contributed by atoms with Gasteiger partial charge in [-0.2, -0.15) is 0 Å². The lowest BCUT2D eigenvalue weighted by atomic mass is 10.1. The van der Waals surface area contributed by atoms with Crippen LogP contribution in [0.1, 0.15) is 12.5 Å². The number of hydrogen-bond donors (Lipinski definition) is 1. The molecule has 2 unspecified atom stereocenters. The van der Waals surface area contributed by atoms with Crippen molar-refractivity contribution in [1.29, 1.82) is 0 Å². The molecule has 0 saturated carbocycles. The van der Waals surface area contributed by atoms with E-state index >= 15 is 0 Å². The first-order valence-electron chi connectivity index (χ1n) is 5.90. The fourth-order valence-electron chi connectivity index (χ4n) is 2.03. The molecule has 0 amide bonds. The Bertz CT molecular complexity index is 355. The summed E-state index contributed by atoms with van der Waals surface area (Å²) in [5, 5.41) is 9.14. The minimum absolute atomic E-state index is 0.0324. The van der Waals surface area contributed by atoms with Gasteiger partial charge in [-0.15, -0.1) is 0 Å². The van der Waals surface area contributed by atoms with Gasteiger partial charge in [-0.3, -0.25) is 4.90 Å². The molecule has 2 atom stereocenters. The van der Waals surface area contributed by atoms with Crippen molar-refractivity contribution in [2.75, 3.05) is 19.8 Å². The predicted octanol–water partition coefficient (Wildman–Crippen LogP) is 1.87. The largest absolute Gasteiger partial charge is 0.394 e. The van der Waals surface area contributed by atoms with Gasteiger partial charge in [-0.1, -0.05) is 12.1 Å². The van der Waals surface area contributed by atoms with E-state index in [2.05, 4.69) is 58.7 Å². The van der Waals surface area contributed by atoms with Crippen LogP contribution in [0.4, 0.5) is 0 Å². The van der Waals surface area contributed by atoms with Gasteiger partial charge in [0.2, 0.25) is 0 Å². The molecular formula is C13H18INO2. The van der Waals surface area contributed by atoms with Gasteiger partial charge in [0.1, 0.15) is 0 Å². The molecule has 4 heteroatoms. The second kappa shape index (κ2) is 6.13. The van der Waals surface area contributed by atoms with E-state index < -0.39 is 0 Å². The number of halogens is 1. The maximum absolute atomic E-state index is 9.14. The van der Waals surface area contributed by atoms with Crippen LogP contribution in [0.5, 0.6) is 0 Å². The summed E-state index contributed by atoms with van der Waals surface area (Å²) in [6, 6.07) is 9.00. The first-order valence-corrected chi connectivity index (χ1v) is 6.98. The Kier molecular flexibility index (Phi) is 4.78. The van der Waals surface area contributed by atoms with Crippen LogP contribution >= 0.6 is 22.6 Å². The van der Waals surface area contributed by atoms with Gasteiger partial charge in [-0.05, 0) is 47.2 Å². The Balaban J connectivity index is 1.98. The zero-order chi connectivity index (χ0) is 12.3. The second-order valence-electron chi connectivity index (χ2n) is 4.54. The van der Waals surface area contributed by atoms with E-state index in [9.17, 15) is 0 Å². The standard InChI is InChI=1S/C13H18INO2/c1-10-9-17-13(8-16)7-15(10)6-11-2-4-12(14)5-3-11/h2-5,10,13,16H,6-9H2,1H3. The number of aliphatic hydroxyl groups is 1. The van der Waals surface area contributed by atoms with Crippen molar-refractivity contribution in [3.63, 3.8) is 0 Å². The Morgan fingerprint density at radius 2 is 2.12 bits per heavy atom. The Hall–Kier alpha value is -0.170. The summed E-state index contributed by atoms with van der Waals surface area (Å²) < 4.78 is 6.79. The van der Waals surface area contributed by atoms with Crippen LogP contribution in [0.15, 0.2) is 24.3 Å². The van der Waals surface area contributed by atoms with Crippen molar-refractivity contribution >= 4 is 22.6 Å². The van der Waals surface area contributed by atoms with Crippen molar-refractivity contribution < 1.29 is 9.84 Å². The molecule has 1 aliphatic heterocycles. The average Bonchev–Trinajstić information content (AvgIpc) is 2.35. The van der Waals surface area contributed by atoms with E-state index in [0.29, 0.717) is 12.6 Å². The maximum atomic E-state index is 9.14. The Morgan fingerprint density at radius 1 is 1.41 bits per heavy atom. The first-order chi connectivity index (χ1) is 8.19. The summed E-state index contributed by atoms with van der Waals surface area (Å²) in [6.07, 6.45) is -0.0324. The van der Waals surface area contributed by atoms with Gasteiger partial charge in [0.15, 0.2) is 0 Å². The molecule has 17 heavy (non-hydrogen) atoms. The molecular weight excluding hydrogens is 329 g/mol. The number of aliphatic hydroxyl groups excluding tert-OH is 1. The molecule has 0 bridgehead atoms. The van der Waals surface area contributed by atoms with Crippen LogP contribution in [0.2, 0.25) is 0 Å². The Morgan fingerprint density at radius 3 is 2.76 bits per heavy atom. The molecule has 1 N–H and O–H groups in total. The third-order valence-electron chi connectivity index (χ3n) is 3.14. The SMILES string of the molecule is CC1COC(CO)CN1Cc1ccc(I)cc1. The predicted molar refractivity (Wildman–Crippen MR) is 75.9 cm³/mol. The van der Waals surface area contributed by atoms with Crippen molar-refractivity contribution in [2.24, 2.45) is 0 Å². The first kappa shape index (κ1) is 13.3. The summed E-state index contributed by atoms with van der Waals surface area (Å²) in [6.45, 7) is 4.72. The van der Waals surface area contributed by atoms with Crippen LogP contribution in [-0.2, 0) is 11.3 Å². The number of morpholine rings is 1. The molecule has 1 aromatic rings. The van der Waals surface area contributed by atoms with Crippen LogP contribution in [-0.4, -0.2) is 41.9 Å². The van der Waals surface area contributed by atoms with Crippen LogP contribution in [0.25, 0.3) is 0 Å². The number of rotatable bonds is 3. The summed E-state index contributed by atoms with van der Waals surface area (Å²) in [7, 11) is 0. The lowest BCUT2D eigenvalue weighted by Gasteiger charge is -2.37. The van der Waals surface area contributed by atoms with Crippen molar-refractivity contribution in [3.05, 3.63) is 33.4 Å². The van der Waals surface area contributed by atoms with E-state index in [1.165, 1.54) is 9.13 Å². The number of ether oxygens (including phenoxy) is 1. The minimum Gasteiger partial charge on any atom is -0.394 e. The molecule has 0 radical (unpaired) electrons. The number of hydrogen-bond acceptors (Lipinski definition) is 3. The minimum atomic E-state index is -0.0324. The van der Waals surface area contributed by atoms with Crippen molar-refractivity contribution in [3.8, 4) is 0 Å². The fraction of sp³-hybridized carbons (Fsp3) is 0.538. The third kappa shape index (κ3) is 3.64. The van der Waals surface area contributed by atoms with Gasteiger partial charge in [0.05, 0.1) is 19.3 Å². The molecule has 3 nitrogen and oxygen atoms in total. The molecule has 0 aromatic heterocycles. The lowest BCUT2D eigenvalue weighted by molar-refractivity contribution is -0.0805. The molecule has 1 heterocycles. The molecule has 0 spiro atoms. The van der Waals surface area contributed by atoms with Crippen molar-refractivity contribution in [1.82, 2.24) is 4.90 Å². The van der Waals surface area contributed by atoms with Gasteiger partial charge in [0.25, 0.3) is 0 Å². The number of benzene rings is 1. The van der Waals surface area contributed by atoms with Gasteiger partial charge >= 0.3 is 0 Å². The zero-order valence-corrected chi connectivity index (χ0v) is 12.1. The zero-order valence-electron chi connectivity index (χ0n) is 9.97. The van der Waals surface area contributed by atoms with Crippen molar-refractivity contribution in [2.45, 2.75) is 25.6 Å². The van der Waals surface area contributed by atoms with Gasteiger partial charge < -0.3 is 9.84 Å². The molecule has 0 aliphatic carbocycles. The van der Waals surface area contributed by atoms with Gasteiger partial charge in [-0.25, -0.2) is 0 Å². The van der Waals surface area contributed by atoms with Gasteiger partial charge in [0, 0.05) is 22.7 Å². The van der Waals surface area contributed by atoms with Crippen LogP contribution < -0.4 is 0 Å². The summed E-state index contributed by atoms with van der Waals surface area (Å²) in [5.74, 6) is 0.